The monoisotopic (exact) mass is 380 g/mol. The minimum atomic E-state index is 0.544. The van der Waals surface area contributed by atoms with Gasteiger partial charge in [0.15, 0.2) is 17.1 Å². The fourth-order valence-electron chi connectivity index (χ4n) is 3.97. The number of hydrogen-bond donors (Lipinski definition) is 1. The van der Waals surface area contributed by atoms with E-state index in [0.29, 0.717) is 12.5 Å². The zero-order chi connectivity index (χ0) is 19.5. The van der Waals surface area contributed by atoms with Crippen molar-refractivity contribution in [3.8, 4) is 11.5 Å². The number of nitrogens with one attached hydrogen (secondary N) is 1. The van der Waals surface area contributed by atoms with Crippen molar-refractivity contribution in [1.29, 1.82) is 0 Å². The Kier molecular flexibility index (Phi) is 5.48. The smallest absolute Gasteiger partial charge is 0.161 e. The Morgan fingerprint density at radius 3 is 2.75 bits per heavy atom. The van der Waals surface area contributed by atoms with Crippen LogP contribution < -0.4 is 9.47 Å². The molecular formula is C22H28N4O2. The zero-order valence-electron chi connectivity index (χ0n) is 16.9. The number of benzene rings is 1. The summed E-state index contributed by atoms with van der Waals surface area (Å²) in [5.74, 6) is 2.16. The molecule has 28 heavy (non-hydrogen) atoms. The van der Waals surface area contributed by atoms with E-state index in [0.717, 1.165) is 60.8 Å². The number of rotatable bonds is 6. The van der Waals surface area contributed by atoms with Gasteiger partial charge in [-0.05, 0) is 63.5 Å². The number of likely N-dealkylation sites (tertiary alicyclic amines) is 1. The molecule has 4 rings (SSSR count). The second-order valence-corrected chi connectivity index (χ2v) is 7.44. The standard InChI is InChI=1S/C22H28N4O2/c1-4-28-20-6-5-16(11-21(20)27-3)14-26-9-7-17(8-10-26)18-12-19-22(25-18)24-15(2)13-23-19/h5-6,11-13,17H,4,7-10,14H2,1-3H3,(H,24,25). The van der Waals surface area contributed by atoms with Crippen LogP contribution in [0.1, 0.15) is 42.6 Å². The molecule has 1 aromatic carbocycles. The van der Waals surface area contributed by atoms with Gasteiger partial charge in [0.25, 0.3) is 0 Å². The predicted molar refractivity (Wildman–Crippen MR) is 110 cm³/mol. The molecular weight excluding hydrogens is 352 g/mol. The molecule has 3 heterocycles. The third kappa shape index (κ3) is 3.97. The lowest BCUT2D eigenvalue weighted by atomic mass is 9.93. The lowest BCUT2D eigenvalue weighted by molar-refractivity contribution is 0.203. The van der Waals surface area contributed by atoms with Gasteiger partial charge in [0.05, 0.1) is 19.4 Å². The van der Waals surface area contributed by atoms with E-state index in [4.69, 9.17) is 9.47 Å². The van der Waals surface area contributed by atoms with E-state index in [9.17, 15) is 0 Å². The first-order chi connectivity index (χ1) is 13.7. The lowest BCUT2D eigenvalue weighted by Gasteiger charge is -2.31. The van der Waals surface area contributed by atoms with Crippen molar-refractivity contribution in [2.24, 2.45) is 0 Å². The number of methoxy groups -OCH3 is 1. The van der Waals surface area contributed by atoms with Crippen LogP contribution in [0, 0.1) is 6.92 Å². The Labute approximate surface area is 165 Å². The van der Waals surface area contributed by atoms with Crippen LogP contribution in [-0.4, -0.2) is 46.7 Å². The molecule has 2 aromatic heterocycles. The van der Waals surface area contributed by atoms with Gasteiger partial charge < -0.3 is 14.5 Å². The van der Waals surface area contributed by atoms with Crippen LogP contribution in [0.3, 0.4) is 0 Å². The number of fused-ring (bicyclic) bond motifs is 1. The van der Waals surface area contributed by atoms with E-state index in [2.05, 4.69) is 38.1 Å². The molecule has 3 aromatic rings. The SMILES string of the molecule is CCOc1ccc(CN2CCC(c3cc4ncc(C)nc4[nH]3)CC2)cc1OC. The summed E-state index contributed by atoms with van der Waals surface area (Å²) in [6.07, 6.45) is 4.10. The molecule has 0 bridgehead atoms. The van der Waals surface area contributed by atoms with E-state index >= 15 is 0 Å². The van der Waals surface area contributed by atoms with Crippen molar-refractivity contribution >= 4 is 11.2 Å². The highest BCUT2D eigenvalue weighted by Crippen LogP contribution is 2.31. The molecule has 6 heteroatoms. The first kappa shape index (κ1) is 18.7. The number of hydrogen-bond acceptors (Lipinski definition) is 5. The minimum absolute atomic E-state index is 0.544. The van der Waals surface area contributed by atoms with E-state index in [1.165, 1.54) is 11.3 Å². The average molecular weight is 380 g/mol. The van der Waals surface area contributed by atoms with Crippen LogP contribution in [0.2, 0.25) is 0 Å². The zero-order valence-corrected chi connectivity index (χ0v) is 16.9. The molecule has 6 nitrogen and oxygen atoms in total. The summed E-state index contributed by atoms with van der Waals surface area (Å²) in [4.78, 5) is 15.0. The van der Waals surface area contributed by atoms with Gasteiger partial charge in [0, 0.05) is 24.4 Å². The molecule has 1 saturated heterocycles. The number of nitrogens with zero attached hydrogens (tertiary/aromatic N) is 3. The Morgan fingerprint density at radius 1 is 1.18 bits per heavy atom. The van der Waals surface area contributed by atoms with Crippen molar-refractivity contribution in [3.05, 3.63) is 47.4 Å². The van der Waals surface area contributed by atoms with Crippen molar-refractivity contribution in [1.82, 2.24) is 19.9 Å². The molecule has 0 radical (unpaired) electrons. The Balaban J connectivity index is 1.38. The molecule has 1 fully saturated rings. The minimum Gasteiger partial charge on any atom is -0.493 e. The second kappa shape index (κ2) is 8.19. The Bertz CT molecular complexity index is 945. The van der Waals surface area contributed by atoms with Crippen LogP contribution in [0.5, 0.6) is 11.5 Å². The maximum Gasteiger partial charge on any atom is 0.161 e. The highest BCUT2D eigenvalue weighted by atomic mass is 16.5. The molecule has 1 N–H and O–H groups in total. The molecule has 0 unspecified atom stereocenters. The van der Waals surface area contributed by atoms with E-state index in [1.807, 2.05) is 26.1 Å². The molecule has 0 atom stereocenters. The molecule has 1 aliphatic heterocycles. The number of aryl methyl sites for hydroxylation is 1. The molecule has 0 aliphatic carbocycles. The molecule has 0 spiro atoms. The first-order valence-electron chi connectivity index (χ1n) is 10.0. The normalized spacial score (nSPS) is 15.8. The third-order valence-corrected chi connectivity index (χ3v) is 5.44. The number of H-pyrrole nitrogens is 1. The summed E-state index contributed by atoms with van der Waals surface area (Å²) < 4.78 is 11.1. The van der Waals surface area contributed by atoms with Gasteiger partial charge >= 0.3 is 0 Å². The van der Waals surface area contributed by atoms with E-state index in [-0.39, 0.29) is 0 Å². The van der Waals surface area contributed by atoms with Crippen LogP contribution >= 0.6 is 0 Å². The van der Waals surface area contributed by atoms with Crippen molar-refractivity contribution in [3.63, 3.8) is 0 Å². The summed E-state index contributed by atoms with van der Waals surface area (Å²) in [5, 5.41) is 0. The summed E-state index contributed by atoms with van der Waals surface area (Å²) in [5.41, 5.74) is 5.33. The summed E-state index contributed by atoms with van der Waals surface area (Å²) in [6.45, 7) is 7.69. The largest absolute Gasteiger partial charge is 0.493 e. The van der Waals surface area contributed by atoms with Crippen LogP contribution in [0.25, 0.3) is 11.2 Å². The topological polar surface area (TPSA) is 63.3 Å². The fourth-order valence-corrected chi connectivity index (χ4v) is 3.97. The highest BCUT2D eigenvalue weighted by molar-refractivity contribution is 5.71. The summed E-state index contributed by atoms with van der Waals surface area (Å²) in [6, 6.07) is 8.40. The van der Waals surface area contributed by atoms with Gasteiger partial charge in [0.2, 0.25) is 0 Å². The predicted octanol–water partition coefficient (Wildman–Crippen LogP) is 4.05. The number of ether oxygens (including phenoxy) is 2. The quantitative estimate of drug-likeness (QED) is 0.699. The maximum atomic E-state index is 5.62. The van der Waals surface area contributed by atoms with Gasteiger partial charge in [-0.25, -0.2) is 4.98 Å². The van der Waals surface area contributed by atoms with Crippen molar-refractivity contribution in [2.75, 3.05) is 26.8 Å². The molecule has 0 saturated carbocycles. The second-order valence-electron chi connectivity index (χ2n) is 7.44. The summed E-state index contributed by atoms with van der Waals surface area (Å²) >= 11 is 0. The number of aromatic amines is 1. The lowest BCUT2D eigenvalue weighted by Crippen LogP contribution is -2.32. The van der Waals surface area contributed by atoms with Gasteiger partial charge in [-0.1, -0.05) is 6.07 Å². The number of aromatic nitrogens is 3. The highest BCUT2D eigenvalue weighted by Gasteiger charge is 2.22. The van der Waals surface area contributed by atoms with Gasteiger partial charge in [-0.15, -0.1) is 0 Å². The van der Waals surface area contributed by atoms with Gasteiger partial charge in [-0.2, -0.15) is 0 Å². The molecule has 1 aliphatic rings. The van der Waals surface area contributed by atoms with Crippen molar-refractivity contribution in [2.45, 2.75) is 39.2 Å². The number of piperidine rings is 1. The Morgan fingerprint density at radius 2 is 2.00 bits per heavy atom. The maximum absolute atomic E-state index is 5.62. The summed E-state index contributed by atoms with van der Waals surface area (Å²) in [7, 11) is 1.69. The van der Waals surface area contributed by atoms with E-state index < -0.39 is 0 Å². The first-order valence-corrected chi connectivity index (χ1v) is 10.0. The third-order valence-electron chi connectivity index (χ3n) is 5.44. The Hall–Kier alpha value is -2.60. The van der Waals surface area contributed by atoms with Crippen LogP contribution in [-0.2, 0) is 6.54 Å². The fraction of sp³-hybridized carbons (Fsp3) is 0.455. The average Bonchev–Trinajstić information content (AvgIpc) is 3.13. The van der Waals surface area contributed by atoms with Gasteiger partial charge in [-0.3, -0.25) is 9.88 Å². The van der Waals surface area contributed by atoms with E-state index in [1.54, 1.807) is 7.11 Å². The van der Waals surface area contributed by atoms with Crippen LogP contribution in [0.4, 0.5) is 0 Å². The molecule has 148 valence electrons. The van der Waals surface area contributed by atoms with Crippen LogP contribution in [0.15, 0.2) is 30.5 Å². The molecule has 0 amide bonds. The van der Waals surface area contributed by atoms with Gasteiger partial charge in [0.1, 0.15) is 5.52 Å². The van der Waals surface area contributed by atoms with Crippen molar-refractivity contribution < 1.29 is 9.47 Å².